The summed E-state index contributed by atoms with van der Waals surface area (Å²) in [5.74, 6) is 2.24. The lowest BCUT2D eigenvalue weighted by molar-refractivity contribution is -0.131. The van der Waals surface area contributed by atoms with E-state index in [1.54, 1.807) is 13.3 Å². The average molecular weight is 426 g/mol. The van der Waals surface area contributed by atoms with Gasteiger partial charge in [-0.15, -0.1) is 0 Å². The van der Waals surface area contributed by atoms with Crippen LogP contribution in [0, 0.1) is 0 Å². The minimum Gasteiger partial charge on any atom is -0.495 e. The molecule has 6 nitrogen and oxygen atoms in total. The van der Waals surface area contributed by atoms with Gasteiger partial charge in [0.15, 0.2) is 11.7 Å². The number of ether oxygens (including phenoxy) is 1. The van der Waals surface area contributed by atoms with Crippen LogP contribution in [0.15, 0.2) is 59.1 Å². The predicted molar refractivity (Wildman–Crippen MR) is 117 cm³/mol. The highest BCUT2D eigenvalue weighted by molar-refractivity contribution is 6.30. The SMILES string of the molecule is COc1ccccc1N1CCN(C(=O)CCc2ncc(-c3ccc(Cl)cc3)o2)CC1. The second-order valence-corrected chi connectivity index (χ2v) is 7.60. The van der Waals surface area contributed by atoms with Crippen LogP contribution in [0.2, 0.25) is 5.02 Å². The lowest BCUT2D eigenvalue weighted by Gasteiger charge is -2.36. The number of anilines is 1. The zero-order valence-corrected chi connectivity index (χ0v) is 17.6. The van der Waals surface area contributed by atoms with Crippen molar-refractivity contribution in [2.45, 2.75) is 12.8 Å². The second kappa shape index (κ2) is 9.22. The first-order valence-electron chi connectivity index (χ1n) is 10.0. The standard InChI is InChI=1S/C23H24ClN3O3/c1-29-20-5-3-2-4-19(20)26-12-14-27(15-13-26)23(28)11-10-22-25-16-21(30-22)17-6-8-18(24)9-7-17/h2-9,16H,10-15H2,1H3. The Balaban J connectivity index is 1.29. The molecular weight excluding hydrogens is 402 g/mol. The van der Waals surface area contributed by atoms with E-state index in [0.29, 0.717) is 42.6 Å². The van der Waals surface area contributed by atoms with E-state index >= 15 is 0 Å². The predicted octanol–water partition coefficient (Wildman–Crippen LogP) is 4.29. The molecule has 4 rings (SSSR count). The average Bonchev–Trinajstić information content (AvgIpc) is 3.27. The molecule has 1 amide bonds. The highest BCUT2D eigenvalue weighted by Gasteiger charge is 2.23. The normalized spacial score (nSPS) is 14.1. The van der Waals surface area contributed by atoms with Gasteiger partial charge in [0, 0.05) is 49.6 Å². The first-order chi connectivity index (χ1) is 14.6. The van der Waals surface area contributed by atoms with E-state index in [-0.39, 0.29) is 5.91 Å². The monoisotopic (exact) mass is 425 g/mol. The maximum atomic E-state index is 12.7. The van der Waals surface area contributed by atoms with E-state index in [4.69, 9.17) is 20.8 Å². The molecule has 0 saturated carbocycles. The molecule has 0 spiro atoms. The Morgan fingerprint density at radius 3 is 2.57 bits per heavy atom. The third-order valence-electron chi connectivity index (χ3n) is 5.29. The second-order valence-electron chi connectivity index (χ2n) is 7.16. The van der Waals surface area contributed by atoms with Gasteiger partial charge in [0.2, 0.25) is 5.91 Å². The number of carbonyl (C=O) groups is 1. The molecule has 0 unspecified atom stereocenters. The number of aryl methyl sites for hydroxylation is 1. The summed E-state index contributed by atoms with van der Waals surface area (Å²) < 4.78 is 11.3. The molecule has 0 aliphatic carbocycles. The van der Waals surface area contributed by atoms with Crippen molar-refractivity contribution < 1.29 is 13.9 Å². The zero-order valence-electron chi connectivity index (χ0n) is 16.9. The van der Waals surface area contributed by atoms with Crippen LogP contribution < -0.4 is 9.64 Å². The summed E-state index contributed by atoms with van der Waals surface area (Å²) in [4.78, 5) is 21.1. The van der Waals surface area contributed by atoms with Crippen LogP contribution in [0.4, 0.5) is 5.69 Å². The third kappa shape index (κ3) is 4.60. The van der Waals surface area contributed by atoms with Gasteiger partial charge in [-0.2, -0.15) is 0 Å². The highest BCUT2D eigenvalue weighted by atomic mass is 35.5. The molecule has 2 aromatic carbocycles. The Morgan fingerprint density at radius 2 is 1.83 bits per heavy atom. The van der Waals surface area contributed by atoms with Gasteiger partial charge >= 0.3 is 0 Å². The first-order valence-corrected chi connectivity index (χ1v) is 10.4. The van der Waals surface area contributed by atoms with Crippen LogP contribution in [0.1, 0.15) is 12.3 Å². The number of methoxy groups -OCH3 is 1. The molecule has 1 fully saturated rings. The van der Waals surface area contributed by atoms with Crippen molar-refractivity contribution in [1.82, 2.24) is 9.88 Å². The number of oxazole rings is 1. The molecular formula is C23H24ClN3O3. The van der Waals surface area contributed by atoms with Gasteiger partial charge in [0.25, 0.3) is 0 Å². The molecule has 7 heteroatoms. The van der Waals surface area contributed by atoms with Gasteiger partial charge < -0.3 is 19.0 Å². The molecule has 0 N–H and O–H groups in total. The van der Waals surface area contributed by atoms with Gasteiger partial charge in [0.1, 0.15) is 5.75 Å². The minimum atomic E-state index is 0.126. The molecule has 0 radical (unpaired) electrons. The summed E-state index contributed by atoms with van der Waals surface area (Å²) in [6.45, 7) is 2.95. The maximum absolute atomic E-state index is 12.7. The number of piperazine rings is 1. The van der Waals surface area contributed by atoms with E-state index in [1.807, 2.05) is 47.4 Å². The quantitative estimate of drug-likeness (QED) is 0.589. The largest absolute Gasteiger partial charge is 0.495 e. The lowest BCUT2D eigenvalue weighted by Crippen LogP contribution is -2.48. The fourth-order valence-corrected chi connectivity index (χ4v) is 3.76. The molecule has 1 aliphatic heterocycles. The zero-order chi connectivity index (χ0) is 20.9. The van der Waals surface area contributed by atoms with Crippen molar-refractivity contribution in [3.8, 4) is 17.1 Å². The van der Waals surface area contributed by atoms with Gasteiger partial charge in [0.05, 0.1) is 19.0 Å². The van der Waals surface area contributed by atoms with Crippen LogP contribution in [-0.4, -0.2) is 49.1 Å². The number of hydrogen-bond acceptors (Lipinski definition) is 5. The number of benzene rings is 2. The van der Waals surface area contributed by atoms with Crippen molar-refractivity contribution in [2.24, 2.45) is 0 Å². The molecule has 156 valence electrons. The summed E-state index contributed by atoms with van der Waals surface area (Å²) in [7, 11) is 1.68. The molecule has 3 aromatic rings. The van der Waals surface area contributed by atoms with Crippen molar-refractivity contribution in [1.29, 1.82) is 0 Å². The van der Waals surface area contributed by atoms with Crippen molar-refractivity contribution >= 4 is 23.2 Å². The van der Waals surface area contributed by atoms with E-state index < -0.39 is 0 Å². The Bertz CT molecular complexity index is 995. The van der Waals surface area contributed by atoms with E-state index in [9.17, 15) is 4.79 Å². The van der Waals surface area contributed by atoms with Crippen molar-refractivity contribution in [3.05, 3.63) is 65.6 Å². The number of hydrogen-bond donors (Lipinski definition) is 0. The van der Waals surface area contributed by atoms with E-state index in [1.165, 1.54) is 0 Å². The summed E-state index contributed by atoms with van der Waals surface area (Å²) in [5, 5.41) is 0.676. The molecule has 1 saturated heterocycles. The lowest BCUT2D eigenvalue weighted by atomic mass is 10.2. The number of halogens is 1. The molecule has 2 heterocycles. The van der Waals surface area contributed by atoms with Crippen LogP contribution in [0.25, 0.3) is 11.3 Å². The number of aromatic nitrogens is 1. The number of amides is 1. The van der Waals surface area contributed by atoms with Crippen LogP contribution in [0.3, 0.4) is 0 Å². The summed E-state index contributed by atoms with van der Waals surface area (Å²) in [5.41, 5.74) is 1.98. The summed E-state index contributed by atoms with van der Waals surface area (Å²) >= 11 is 5.92. The molecule has 1 aliphatic rings. The molecule has 0 atom stereocenters. The minimum absolute atomic E-state index is 0.126. The van der Waals surface area contributed by atoms with Crippen molar-refractivity contribution in [3.63, 3.8) is 0 Å². The summed E-state index contributed by atoms with van der Waals surface area (Å²) in [6, 6.07) is 15.4. The number of carbonyl (C=O) groups excluding carboxylic acids is 1. The van der Waals surface area contributed by atoms with E-state index in [0.717, 1.165) is 30.1 Å². The fraction of sp³-hybridized carbons (Fsp3) is 0.304. The molecule has 30 heavy (non-hydrogen) atoms. The van der Waals surface area contributed by atoms with Gasteiger partial charge in [-0.05, 0) is 36.4 Å². The fourth-order valence-electron chi connectivity index (χ4n) is 3.63. The van der Waals surface area contributed by atoms with Crippen LogP contribution in [0.5, 0.6) is 5.75 Å². The summed E-state index contributed by atoms with van der Waals surface area (Å²) in [6.07, 6.45) is 2.56. The first kappa shape index (κ1) is 20.3. The number of rotatable bonds is 6. The van der Waals surface area contributed by atoms with E-state index in [2.05, 4.69) is 16.0 Å². The Kier molecular flexibility index (Phi) is 6.23. The topological polar surface area (TPSA) is 58.8 Å². The Morgan fingerprint density at radius 1 is 1.10 bits per heavy atom. The Hall–Kier alpha value is -2.99. The maximum Gasteiger partial charge on any atom is 0.223 e. The van der Waals surface area contributed by atoms with Crippen molar-refractivity contribution in [2.75, 3.05) is 38.2 Å². The molecule has 0 bridgehead atoms. The number of nitrogens with zero attached hydrogens (tertiary/aromatic N) is 3. The Labute approximate surface area is 181 Å². The van der Waals surface area contributed by atoms with Crippen LogP contribution >= 0.6 is 11.6 Å². The molecule has 1 aromatic heterocycles. The third-order valence-corrected chi connectivity index (χ3v) is 5.55. The van der Waals surface area contributed by atoms with Gasteiger partial charge in [-0.25, -0.2) is 4.98 Å². The van der Waals surface area contributed by atoms with Crippen LogP contribution in [-0.2, 0) is 11.2 Å². The number of para-hydroxylation sites is 2. The smallest absolute Gasteiger partial charge is 0.223 e. The van der Waals surface area contributed by atoms with Gasteiger partial charge in [-0.3, -0.25) is 4.79 Å². The van der Waals surface area contributed by atoms with Gasteiger partial charge in [-0.1, -0.05) is 23.7 Å². The highest BCUT2D eigenvalue weighted by Crippen LogP contribution is 2.28.